The minimum atomic E-state index is -0.491. The Hall–Kier alpha value is -4.37. The molecule has 0 unspecified atom stereocenters. The fourth-order valence-electron chi connectivity index (χ4n) is 3.19. The summed E-state index contributed by atoms with van der Waals surface area (Å²) in [6.07, 6.45) is 2.79. The summed E-state index contributed by atoms with van der Waals surface area (Å²) in [5.74, 6) is -0.700. The molecular weight excluding hydrogens is 476 g/mol. The maximum Gasteiger partial charge on any atom is 0.269 e. The van der Waals surface area contributed by atoms with Crippen molar-refractivity contribution < 1.29 is 14.5 Å². The fraction of sp³-hybridized carbons (Fsp3) is 0.148. The van der Waals surface area contributed by atoms with Crippen LogP contribution in [0, 0.1) is 10.1 Å². The first-order valence-electron chi connectivity index (χ1n) is 11.1. The van der Waals surface area contributed by atoms with Gasteiger partial charge in [0.15, 0.2) is 5.11 Å². The molecule has 0 atom stereocenters. The van der Waals surface area contributed by atoms with E-state index in [0.717, 1.165) is 5.56 Å². The highest BCUT2D eigenvalue weighted by atomic mass is 32.1. The van der Waals surface area contributed by atoms with Crippen molar-refractivity contribution in [2.24, 2.45) is 0 Å². The van der Waals surface area contributed by atoms with E-state index in [0.29, 0.717) is 22.5 Å². The molecule has 0 aliphatic rings. The van der Waals surface area contributed by atoms with Crippen LogP contribution in [0.1, 0.15) is 42.3 Å². The molecule has 3 rings (SSSR count). The lowest BCUT2D eigenvalue weighted by Gasteiger charge is -2.19. The number of rotatable bonds is 6. The highest BCUT2D eigenvalue weighted by Gasteiger charge is 2.14. The second-order valence-corrected chi connectivity index (χ2v) is 9.40. The summed E-state index contributed by atoms with van der Waals surface area (Å²) in [7, 11) is 0. The molecule has 0 saturated carbocycles. The van der Waals surface area contributed by atoms with Crippen LogP contribution in [0.2, 0.25) is 0 Å². The van der Waals surface area contributed by atoms with Crippen molar-refractivity contribution in [1.29, 1.82) is 0 Å². The Morgan fingerprint density at radius 1 is 0.917 bits per heavy atom. The number of carbonyl (C=O) groups excluding carboxylic acids is 2. The van der Waals surface area contributed by atoms with Crippen molar-refractivity contribution in [3.63, 3.8) is 0 Å². The van der Waals surface area contributed by atoms with Crippen LogP contribution >= 0.6 is 12.2 Å². The van der Waals surface area contributed by atoms with Gasteiger partial charge in [-0.25, -0.2) is 0 Å². The maximum absolute atomic E-state index is 12.6. The van der Waals surface area contributed by atoms with Gasteiger partial charge in [0.25, 0.3) is 11.6 Å². The van der Waals surface area contributed by atoms with Gasteiger partial charge in [0.1, 0.15) is 0 Å². The first-order valence-corrected chi connectivity index (χ1v) is 11.5. The summed E-state index contributed by atoms with van der Waals surface area (Å²) in [6.45, 7) is 6.34. The van der Waals surface area contributed by atoms with E-state index in [1.165, 1.54) is 36.4 Å². The van der Waals surface area contributed by atoms with Crippen LogP contribution in [-0.4, -0.2) is 21.9 Å². The second kappa shape index (κ2) is 11.4. The van der Waals surface area contributed by atoms with E-state index >= 15 is 0 Å². The molecular formula is C27H26N4O4S. The normalized spacial score (nSPS) is 11.1. The van der Waals surface area contributed by atoms with E-state index in [1.54, 1.807) is 36.4 Å². The van der Waals surface area contributed by atoms with Crippen molar-refractivity contribution in [3.05, 3.63) is 106 Å². The minimum Gasteiger partial charge on any atom is -0.332 e. The molecule has 0 aromatic heterocycles. The smallest absolute Gasteiger partial charge is 0.269 e. The first kappa shape index (κ1) is 26.2. The lowest BCUT2D eigenvalue weighted by molar-refractivity contribution is -0.384. The predicted octanol–water partition coefficient (Wildman–Crippen LogP) is 5.67. The zero-order chi connectivity index (χ0) is 26.3. The zero-order valence-electron chi connectivity index (χ0n) is 20.1. The molecule has 0 radical (unpaired) electrons. The Balaban J connectivity index is 1.55. The van der Waals surface area contributed by atoms with Crippen molar-refractivity contribution in [1.82, 2.24) is 5.32 Å². The number of non-ortho nitro benzene ring substituents is 1. The molecule has 0 aliphatic heterocycles. The topological polar surface area (TPSA) is 113 Å². The summed E-state index contributed by atoms with van der Waals surface area (Å²) in [6, 6.07) is 20.2. The predicted molar refractivity (Wildman–Crippen MR) is 146 cm³/mol. The average Bonchev–Trinajstić information content (AvgIpc) is 2.82. The van der Waals surface area contributed by atoms with Gasteiger partial charge in [-0.2, -0.15) is 0 Å². The van der Waals surface area contributed by atoms with Gasteiger partial charge in [-0.05, 0) is 77.3 Å². The Bertz CT molecular complexity index is 1310. The number of anilines is 2. The number of nitrogens with one attached hydrogen (secondary N) is 3. The van der Waals surface area contributed by atoms with Gasteiger partial charge >= 0.3 is 0 Å². The van der Waals surface area contributed by atoms with Gasteiger partial charge in [0, 0.05) is 35.1 Å². The quantitative estimate of drug-likeness (QED) is 0.173. The largest absolute Gasteiger partial charge is 0.332 e. The average molecular weight is 503 g/mol. The molecule has 8 nitrogen and oxygen atoms in total. The Morgan fingerprint density at radius 3 is 2.11 bits per heavy atom. The highest BCUT2D eigenvalue weighted by molar-refractivity contribution is 7.80. The standard InChI is InChI=1S/C27H26N4O4S/c1-27(2,3)20-12-10-19(11-13-20)25(33)28-21-5-4-6-22(17-21)29-26(36)30-24(32)16-9-18-7-14-23(15-8-18)31(34)35/h4-17H,1-3H3,(H,28,33)(H2,29,30,32,36)/b16-9+. The van der Waals surface area contributed by atoms with Crippen molar-refractivity contribution in [3.8, 4) is 0 Å². The van der Waals surface area contributed by atoms with Crippen LogP contribution in [0.25, 0.3) is 6.08 Å². The number of amides is 2. The number of hydrogen-bond donors (Lipinski definition) is 3. The Labute approximate surface area is 214 Å². The molecule has 9 heteroatoms. The van der Waals surface area contributed by atoms with Crippen LogP contribution in [0.3, 0.4) is 0 Å². The van der Waals surface area contributed by atoms with Crippen LogP contribution in [-0.2, 0) is 10.2 Å². The molecule has 3 N–H and O–H groups in total. The summed E-state index contributed by atoms with van der Waals surface area (Å²) in [5.41, 5.74) is 3.44. The van der Waals surface area contributed by atoms with Gasteiger partial charge in [0.05, 0.1) is 4.92 Å². The van der Waals surface area contributed by atoms with Gasteiger partial charge in [-0.15, -0.1) is 0 Å². The van der Waals surface area contributed by atoms with Gasteiger partial charge < -0.3 is 10.6 Å². The highest BCUT2D eigenvalue weighted by Crippen LogP contribution is 2.23. The van der Waals surface area contributed by atoms with Crippen LogP contribution in [0.4, 0.5) is 17.1 Å². The minimum absolute atomic E-state index is 0.00333. The monoisotopic (exact) mass is 502 g/mol. The third-order valence-electron chi connectivity index (χ3n) is 5.16. The van der Waals surface area contributed by atoms with E-state index in [-0.39, 0.29) is 22.1 Å². The molecule has 0 bridgehead atoms. The summed E-state index contributed by atoms with van der Waals surface area (Å²) >= 11 is 5.20. The van der Waals surface area contributed by atoms with Gasteiger partial charge in [-0.3, -0.25) is 25.0 Å². The van der Waals surface area contributed by atoms with E-state index in [9.17, 15) is 19.7 Å². The second-order valence-electron chi connectivity index (χ2n) is 8.99. The SMILES string of the molecule is CC(C)(C)c1ccc(C(=O)Nc2cccc(NC(=S)NC(=O)/C=C/c3ccc([N+](=O)[O-])cc3)c2)cc1. The lowest BCUT2D eigenvalue weighted by Crippen LogP contribution is -2.32. The molecule has 184 valence electrons. The third-order valence-corrected chi connectivity index (χ3v) is 5.36. The lowest BCUT2D eigenvalue weighted by atomic mass is 9.87. The summed E-state index contributed by atoms with van der Waals surface area (Å²) in [4.78, 5) is 35.0. The van der Waals surface area contributed by atoms with Crippen molar-refractivity contribution >= 4 is 52.3 Å². The summed E-state index contributed by atoms with van der Waals surface area (Å²) in [5, 5.41) is 19.1. The number of nitrogens with zero attached hydrogens (tertiary/aromatic N) is 1. The number of thiocarbonyl (C=S) groups is 1. The molecule has 0 saturated heterocycles. The fourth-order valence-corrected chi connectivity index (χ4v) is 3.41. The summed E-state index contributed by atoms with van der Waals surface area (Å²) < 4.78 is 0. The molecule has 3 aromatic rings. The van der Waals surface area contributed by atoms with E-state index in [4.69, 9.17) is 12.2 Å². The van der Waals surface area contributed by atoms with E-state index < -0.39 is 10.8 Å². The van der Waals surface area contributed by atoms with Gasteiger partial charge in [0.2, 0.25) is 5.91 Å². The maximum atomic E-state index is 12.6. The Morgan fingerprint density at radius 2 is 1.53 bits per heavy atom. The third kappa shape index (κ3) is 7.57. The van der Waals surface area contributed by atoms with Crippen LogP contribution in [0.5, 0.6) is 0 Å². The van der Waals surface area contributed by atoms with Crippen molar-refractivity contribution in [2.75, 3.05) is 10.6 Å². The number of nitro groups is 1. The van der Waals surface area contributed by atoms with Crippen LogP contribution in [0.15, 0.2) is 78.9 Å². The molecule has 0 aliphatic carbocycles. The number of hydrogen-bond acceptors (Lipinski definition) is 5. The van der Waals surface area contributed by atoms with E-state index in [1.807, 2.05) is 12.1 Å². The number of nitro benzene ring substituents is 1. The molecule has 0 heterocycles. The van der Waals surface area contributed by atoms with Crippen LogP contribution < -0.4 is 16.0 Å². The zero-order valence-corrected chi connectivity index (χ0v) is 20.9. The van der Waals surface area contributed by atoms with Gasteiger partial charge in [-0.1, -0.05) is 39.0 Å². The first-order chi connectivity index (χ1) is 17.0. The Kier molecular flexibility index (Phi) is 8.29. The number of carbonyl (C=O) groups is 2. The molecule has 2 amide bonds. The molecule has 0 spiro atoms. The van der Waals surface area contributed by atoms with E-state index in [2.05, 4.69) is 36.7 Å². The molecule has 3 aromatic carbocycles. The van der Waals surface area contributed by atoms with Crippen molar-refractivity contribution in [2.45, 2.75) is 26.2 Å². The molecule has 0 fully saturated rings. The molecule has 36 heavy (non-hydrogen) atoms. The number of benzene rings is 3.